The topological polar surface area (TPSA) is 95.2 Å². The Hall–Kier alpha value is -2.46. The van der Waals surface area contributed by atoms with Crippen LogP contribution in [0.3, 0.4) is 0 Å². The summed E-state index contributed by atoms with van der Waals surface area (Å²) >= 11 is 7.13. The van der Waals surface area contributed by atoms with E-state index in [1.54, 1.807) is 41.6 Å². The van der Waals surface area contributed by atoms with Crippen molar-refractivity contribution in [1.29, 1.82) is 0 Å². The van der Waals surface area contributed by atoms with Crippen LogP contribution in [0.2, 0.25) is 5.02 Å². The van der Waals surface area contributed by atoms with Crippen LogP contribution in [0.25, 0.3) is 21.0 Å². The summed E-state index contributed by atoms with van der Waals surface area (Å²) in [4.78, 5) is 21.8. The number of amides is 1. The second-order valence-electron chi connectivity index (χ2n) is 7.23. The maximum atomic E-state index is 12.9. The number of thiophene rings is 1. The molecule has 154 valence electrons. The predicted octanol–water partition coefficient (Wildman–Crippen LogP) is 3.51. The normalized spacial score (nSPS) is 17.4. The Morgan fingerprint density at radius 3 is 2.93 bits per heavy atom. The van der Waals surface area contributed by atoms with Crippen LogP contribution in [-0.4, -0.2) is 41.8 Å². The molecule has 4 aromatic rings. The maximum Gasteiger partial charge on any atom is 0.250 e. The van der Waals surface area contributed by atoms with E-state index in [0.29, 0.717) is 24.5 Å². The smallest absolute Gasteiger partial charge is 0.250 e. The lowest BCUT2D eigenvalue weighted by Gasteiger charge is -2.16. The van der Waals surface area contributed by atoms with Crippen molar-refractivity contribution >= 4 is 59.9 Å². The molecule has 0 unspecified atom stereocenters. The Morgan fingerprint density at radius 2 is 2.10 bits per heavy atom. The van der Waals surface area contributed by atoms with Crippen LogP contribution < -0.4 is 4.72 Å². The molecule has 3 aromatic heterocycles. The Morgan fingerprint density at radius 1 is 1.23 bits per heavy atom. The van der Waals surface area contributed by atoms with E-state index in [-0.39, 0.29) is 10.1 Å². The highest BCUT2D eigenvalue weighted by Gasteiger charge is 2.35. The number of carbonyl (C=O) groups is 1. The average molecular weight is 461 g/mol. The van der Waals surface area contributed by atoms with E-state index in [0.717, 1.165) is 38.0 Å². The van der Waals surface area contributed by atoms with Crippen molar-refractivity contribution < 1.29 is 13.2 Å². The van der Waals surface area contributed by atoms with Crippen LogP contribution in [0.1, 0.15) is 12.1 Å². The molecule has 30 heavy (non-hydrogen) atoms. The zero-order valence-electron chi connectivity index (χ0n) is 15.6. The molecule has 1 aliphatic heterocycles. The third kappa shape index (κ3) is 3.58. The number of nitrogens with zero attached hydrogens (tertiary/aromatic N) is 2. The van der Waals surface area contributed by atoms with Gasteiger partial charge in [0.1, 0.15) is 10.3 Å². The molecule has 1 fully saturated rings. The summed E-state index contributed by atoms with van der Waals surface area (Å²) in [5.41, 5.74) is 1.84. The number of carbonyl (C=O) groups excluding carboxylic acids is 1. The quantitative estimate of drug-likeness (QED) is 0.476. The number of aromatic amines is 1. The lowest BCUT2D eigenvalue weighted by molar-refractivity contribution is -0.129. The monoisotopic (exact) mass is 460 g/mol. The van der Waals surface area contributed by atoms with Gasteiger partial charge in [-0.2, -0.15) is 4.72 Å². The standard InChI is InChI=1S/C20H17ClN4O3S2/c21-14-2-1-12-8-19(29-18(12)9-14)30(27,28)24-17-4-6-25(20(17)26)11-15-7-13-10-22-5-3-16(13)23-15/h1-3,5,7-10,17,23-24H,4,6,11H2/t17-/m0/s1. The van der Waals surface area contributed by atoms with Crippen LogP contribution in [0.15, 0.2) is 53.0 Å². The first kappa shape index (κ1) is 19.5. The molecule has 5 rings (SSSR count). The number of fused-ring (bicyclic) bond motifs is 2. The molecule has 0 aliphatic carbocycles. The molecule has 1 atom stereocenters. The van der Waals surface area contributed by atoms with Crippen molar-refractivity contribution in [2.45, 2.75) is 23.2 Å². The second-order valence-corrected chi connectivity index (χ2v) is 10.7. The number of nitrogens with one attached hydrogen (secondary N) is 2. The molecular formula is C20H17ClN4O3S2. The first-order chi connectivity index (χ1) is 14.4. The number of benzene rings is 1. The second kappa shape index (κ2) is 7.35. The molecule has 1 aliphatic rings. The van der Waals surface area contributed by atoms with E-state index in [9.17, 15) is 13.2 Å². The molecule has 10 heteroatoms. The predicted molar refractivity (Wildman–Crippen MR) is 117 cm³/mol. The first-order valence-electron chi connectivity index (χ1n) is 9.31. The first-order valence-corrected chi connectivity index (χ1v) is 12.0. The van der Waals surface area contributed by atoms with E-state index in [2.05, 4.69) is 14.7 Å². The van der Waals surface area contributed by atoms with Crippen LogP contribution >= 0.6 is 22.9 Å². The van der Waals surface area contributed by atoms with Crippen LogP contribution in [0.4, 0.5) is 0 Å². The van der Waals surface area contributed by atoms with Gasteiger partial charge in [0.2, 0.25) is 5.91 Å². The molecule has 7 nitrogen and oxygen atoms in total. The Balaban J connectivity index is 1.31. The van der Waals surface area contributed by atoms with Gasteiger partial charge < -0.3 is 9.88 Å². The molecule has 1 saturated heterocycles. The summed E-state index contributed by atoms with van der Waals surface area (Å²) < 4.78 is 29.2. The van der Waals surface area contributed by atoms with Crippen molar-refractivity contribution in [2.24, 2.45) is 0 Å². The minimum atomic E-state index is -3.81. The number of hydrogen-bond acceptors (Lipinski definition) is 5. The Bertz CT molecular complexity index is 1350. The molecule has 0 spiro atoms. The van der Waals surface area contributed by atoms with Gasteiger partial charge >= 0.3 is 0 Å². The molecule has 0 saturated carbocycles. The number of likely N-dealkylation sites (tertiary alicyclic amines) is 1. The molecule has 1 aromatic carbocycles. The lowest BCUT2D eigenvalue weighted by Crippen LogP contribution is -2.41. The molecule has 4 heterocycles. The zero-order chi connectivity index (χ0) is 20.9. The van der Waals surface area contributed by atoms with E-state index in [1.165, 1.54) is 0 Å². The van der Waals surface area contributed by atoms with Gasteiger partial charge in [-0.05, 0) is 42.1 Å². The molecular weight excluding hydrogens is 444 g/mol. The summed E-state index contributed by atoms with van der Waals surface area (Å²) in [5.74, 6) is -0.223. The number of aromatic nitrogens is 2. The van der Waals surface area contributed by atoms with Crippen molar-refractivity contribution in [3.05, 3.63) is 59.5 Å². The third-order valence-electron chi connectivity index (χ3n) is 5.16. The minimum absolute atomic E-state index is 0.175. The van der Waals surface area contributed by atoms with Gasteiger partial charge in [0, 0.05) is 45.3 Å². The number of H-pyrrole nitrogens is 1. The maximum absolute atomic E-state index is 12.9. The fraction of sp³-hybridized carbons (Fsp3) is 0.200. The minimum Gasteiger partial charge on any atom is -0.357 e. The van der Waals surface area contributed by atoms with Gasteiger partial charge in [-0.15, -0.1) is 11.3 Å². The Labute approximate surface area is 181 Å². The average Bonchev–Trinajstić information content (AvgIpc) is 3.40. The SMILES string of the molecule is O=C1[C@@H](NS(=O)(=O)c2cc3ccc(Cl)cc3s2)CCN1Cc1cc2cnccc2[nH]1. The summed E-state index contributed by atoms with van der Waals surface area (Å²) in [6.07, 6.45) is 3.89. The van der Waals surface area contributed by atoms with E-state index in [4.69, 9.17) is 11.6 Å². The van der Waals surface area contributed by atoms with Crippen LogP contribution in [-0.2, 0) is 21.4 Å². The van der Waals surface area contributed by atoms with Gasteiger partial charge in [0.05, 0.1) is 6.54 Å². The number of rotatable bonds is 5. The van der Waals surface area contributed by atoms with Crippen molar-refractivity contribution in [1.82, 2.24) is 19.6 Å². The number of pyridine rings is 1. The van der Waals surface area contributed by atoms with Crippen LogP contribution in [0.5, 0.6) is 0 Å². The van der Waals surface area contributed by atoms with Crippen molar-refractivity contribution in [3.63, 3.8) is 0 Å². The summed E-state index contributed by atoms with van der Waals surface area (Å²) in [6, 6.07) is 9.90. The number of hydrogen-bond donors (Lipinski definition) is 2. The van der Waals surface area contributed by atoms with E-state index in [1.807, 2.05) is 12.1 Å². The molecule has 2 N–H and O–H groups in total. The molecule has 1 amide bonds. The van der Waals surface area contributed by atoms with Crippen molar-refractivity contribution in [2.75, 3.05) is 6.54 Å². The van der Waals surface area contributed by atoms with Gasteiger partial charge in [0.15, 0.2) is 0 Å². The highest BCUT2D eigenvalue weighted by atomic mass is 35.5. The van der Waals surface area contributed by atoms with E-state index >= 15 is 0 Å². The Kier molecular flexibility index (Phi) is 4.78. The van der Waals surface area contributed by atoms with Crippen molar-refractivity contribution in [3.8, 4) is 0 Å². The molecule has 0 radical (unpaired) electrons. The third-order valence-corrected chi connectivity index (χ3v) is 8.44. The zero-order valence-corrected chi connectivity index (χ0v) is 18.0. The fourth-order valence-corrected chi connectivity index (χ4v) is 6.60. The molecule has 0 bridgehead atoms. The number of sulfonamides is 1. The highest BCUT2D eigenvalue weighted by Crippen LogP contribution is 2.31. The van der Waals surface area contributed by atoms with E-state index < -0.39 is 16.1 Å². The lowest BCUT2D eigenvalue weighted by atomic mass is 10.3. The highest BCUT2D eigenvalue weighted by molar-refractivity contribution is 7.91. The number of halogens is 1. The van der Waals surface area contributed by atoms with Gasteiger partial charge in [-0.3, -0.25) is 9.78 Å². The summed E-state index contributed by atoms with van der Waals surface area (Å²) in [7, 11) is -3.81. The largest absolute Gasteiger partial charge is 0.357 e. The van der Waals surface area contributed by atoms with Gasteiger partial charge in [-0.25, -0.2) is 8.42 Å². The van der Waals surface area contributed by atoms with Gasteiger partial charge in [-0.1, -0.05) is 17.7 Å². The fourth-order valence-electron chi connectivity index (χ4n) is 3.69. The summed E-state index contributed by atoms with van der Waals surface area (Å²) in [6.45, 7) is 0.884. The van der Waals surface area contributed by atoms with Gasteiger partial charge in [0.25, 0.3) is 10.0 Å². The summed E-state index contributed by atoms with van der Waals surface area (Å²) in [5, 5.41) is 2.33. The van der Waals surface area contributed by atoms with Crippen LogP contribution in [0, 0.1) is 0 Å².